The van der Waals surface area contributed by atoms with E-state index in [2.05, 4.69) is 12.2 Å². The molecule has 0 aromatic carbocycles. The summed E-state index contributed by atoms with van der Waals surface area (Å²) in [5.41, 5.74) is 5.68. The van der Waals surface area contributed by atoms with E-state index in [0.29, 0.717) is 19.0 Å². The van der Waals surface area contributed by atoms with Crippen molar-refractivity contribution in [1.29, 1.82) is 0 Å². The molecular weight excluding hydrogens is 204 g/mol. The summed E-state index contributed by atoms with van der Waals surface area (Å²) < 4.78 is 5.41. The molecular formula is C12H24N2O2. The summed E-state index contributed by atoms with van der Waals surface area (Å²) in [6, 6.07) is 0. The van der Waals surface area contributed by atoms with Crippen LogP contribution < -0.4 is 11.1 Å². The number of hydrogen-bond donors (Lipinski definition) is 2. The van der Waals surface area contributed by atoms with Gasteiger partial charge >= 0.3 is 6.09 Å². The van der Waals surface area contributed by atoms with Crippen LogP contribution >= 0.6 is 0 Å². The number of unbranched alkanes of at least 4 members (excludes halogenated alkanes) is 1. The summed E-state index contributed by atoms with van der Waals surface area (Å²) in [5, 5.41) is 2.77. The molecule has 94 valence electrons. The molecule has 0 heterocycles. The van der Waals surface area contributed by atoms with E-state index in [-0.39, 0.29) is 12.2 Å². The molecule has 1 amide bonds. The van der Waals surface area contributed by atoms with Crippen LogP contribution in [0.3, 0.4) is 0 Å². The van der Waals surface area contributed by atoms with Gasteiger partial charge < -0.3 is 15.8 Å². The topological polar surface area (TPSA) is 64.3 Å². The molecule has 0 spiro atoms. The van der Waals surface area contributed by atoms with Gasteiger partial charge in [-0.15, -0.1) is 0 Å². The minimum atomic E-state index is -0.279. The zero-order chi connectivity index (χ0) is 11.8. The fourth-order valence-electron chi connectivity index (χ4n) is 2.14. The SMILES string of the molecule is CCCCNC(=O)OC1CCCCC1CN. The van der Waals surface area contributed by atoms with E-state index >= 15 is 0 Å². The molecule has 4 heteroatoms. The summed E-state index contributed by atoms with van der Waals surface area (Å²) in [5.74, 6) is 0.352. The van der Waals surface area contributed by atoms with Gasteiger partial charge in [-0.25, -0.2) is 4.79 Å². The summed E-state index contributed by atoms with van der Waals surface area (Å²) in [6.45, 7) is 3.42. The van der Waals surface area contributed by atoms with Crippen molar-refractivity contribution in [3.63, 3.8) is 0 Å². The van der Waals surface area contributed by atoms with Gasteiger partial charge in [-0.3, -0.25) is 0 Å². The zero-order valence-corrected chi connectivity index (χ0v) is 10.2. The highest BCUT2D eigenvalue weighted by Crippen LogP contribution is 2.25. The summed E-state index contributed by atoms with van der Waals surface area (Å²) in [7, 11) is 0. The number of carbonyl (C=O) groups is 1. The summed E-state index contributed by atoms with van der Waals surface area (Å²) in [6.07, 6.45) is 6.23. The fraction of sp³-hybridized carbons (Fsp3) is 0.917. The van der Waals surface area contributed by atoms with Gasteiger partial charge in [-0.05, 0) is 32.2 Å². The van der Waals surface area contributed by atoms with Crippen LogP contribution in [0.2, 0.25) is 0 Å². The van der Waals surface area contributed by atoms with Crippen molar-refractivity contribution < 1.29 is 9.53 Å². The van der Waals surface area contributed by atoms with Crippen LogP contribution in [0.5, 0.6) is 0 Å². The van der Waals surface area contributed by atoms with E-state index < -0.39 is 0 Å². The van der Waals surface area contributed by atoms with Gasteiger partial charge in [0.2, 0.25) is 0 Å². The highest BCUT2D eigenvalue weighted by Gasteiger charge is 2.26. The third-order valence-electron chi connectivity index (χ3n) is 3.20. The predicted molar refractivity (Wildman–Crippen MR) is 64.2 cm³/mol. The van der Waals surface area contributed by atoms with Crippen LogP contribution in [0, 0.1) is 5.92 Å². The Bertz CT molecular complexity index is 209. The quantitative estimate of drug-likeness (QED) is 0.708. The second-order valence-electron chi connectivity index (χ2n) is 4.50. The number of carbonyl (C=O) groups excluding carboxylic acids is 1. The normalized spacial score (nSPS) is 25.1. The van der Waals surface area contributed by atoms with Crippen LogP contribution in [0.1, 0.15) is 45.4 Å². The van der Waals surface area contributed by atoms with Gasteiger partial charge in [0.15, 0.2) is 0 Å². The molecule has 16 heavy (non-hydrogen) atoms. The molecule has 1 fully saturated rings. The van der Waals surface area contributed by atoms with E-state index in [9.17, 15) is 4.79 Å². The number of nitrogens with one attached hydrogen (secondary N) is 1. The molecule has 0 aliphatic heterocycles. The first kappa shape index (κ1) is 13.3. The lowest BCUT2D eigenvalue weighted by molar-refractivity contribution is 0.0403. The first-order valence-corrected chi connectivity index (χ1v) is 6.42. The molecule has 2 unspecified atom stereocenters. The van der Waals surface area contributed by atoms with Crippen LogP contribution in [0.25, 0.3) is 0 Å². The largest absolute Gasteiger partial charge is 0.446 e. The Morgan fingerprint density at radius 2 is 2.19 bits per heavy atom. The van der Waals surface area contributed by atoms with E-state index in [4.69, 9.17) is 10.5 Å². The predicted octanol–water partition coefficient (Wildman–Crippen LogP) is 2.03. The Morgan fingerprint density at radius 1 is 1.44 bits per heavy atom. The lowest BCUT2D eigenvalue weighted by Gasteiger charge is -2.30. The van der Waals surface area contributed by atoms with Gasteiger partial charge in [-0.1, -0.05) is 19.8 Å². The number of ether oxygens (including phenoxy) is 1. The molecule has 1 rings (SSSR count). The average molecular weight is 228 g/mol. The molecule has 3 N–H and O–H groups in total. The Morgan fingerprint density at radius 3 is 2.88 bits per heavy atom. The van der Waals surface area contributed by atoms with Crippen molar-refractivity contribution in [1.82, 2.24) is 5.32 Å². The van der Waals surface area contributed by atoms with Crippen molar-refractivity contribution >= 4 is 6.09 Å². The minimum absolute atomic E-state index is 0.0281. The Labute approximate surface area is 97.9 Å². The van der Waals surface area contributed by atoms with Crippen molar-refractivity contribution in [3.8, 4) is 0 Å². The zero-order valence-electron chi connectivity index (χ0n) is 10.2. The summed E-state index contributed by atoms with van der Waals surface area (Å²) >= 11 is 0. The maximum Gasteiger partial charge on any atom is 0.407 e. The van der Waals surface area contributed by atoms with Crippen LogP contribution in [0.15, 0.2) is 0 Å². The monoisotopic (exact) mass is 228 g/mol. The second kappa shape index (κ2) is 7.49. The standard InChI is InChI=1S/C12H24N2O2/c1-2-3-8-14-12(15)16-11-7-5-4-6-10(11)9-13/h10-11H,2-9,13H2,1H3,(H,14,15). The lowest BCUT2D eigenvalue weighted by atomic mass is 9.86. The van der Waals surface area contributed by atoms with Gasteiger partial charge in [-0.2, -0.15) is 0 Å². The molecule has 0 aromatic rings. The maximum absolute atomic E-state index is 11.5. The Hall–Kier alpha value is -0.770. The number of amides is 1. The van der Waals surface area contributed by atoms with Crippen LogP contribution in [-0.4, -0.2) is 25.3 Å². The molecule has 0 radical (unpaired) electrons. The Balaban J connectivity index is 2.25. The number of rotatable bonds is 5. The van der Waals surface area contributed by atoms with E-state index in [1.54, 1.807) is 0 Å². The first-order chi connectivity index (χ1) is 7.77. The highest BCUT2D eigenvalue weighted by molar-refractivity contribution is 5.67. The summed E-state index contributed by atoms with van der Waals surface area (Å²) in [4.78, 5) is 11.5. The van der Waals surface area contributed by atoms with E-state index in [1.165, 1.54) is 6.42 Å². The second-order valence-corrected chi connectivity index (χ2v) is 4.50. The molecule has 0 bridgehead atoms. The molecule has 4 nitrogen and oxygen atoms in total. The van der Waals surface area contributed by atoms with Crippen molar-refractivity contribution in [2.24, 2.45) is 11.7 Å². The van der Waals surface area contributed by atoms with Crippen molar-refractivity contribution in [2.45, 2.75) is 51.6 Å². The minimum Gasteiger partial charge on any atom is -0.446 e. The van der Waals surface area contributed by atoms with Crippen molar-refractivity contribution in [2.75, 3.05) is 13.1 Å². The molecule has 1 aliphatic carbocycles. The highest BCUT2D eigenvalue weighted by atomic mass is 16.6. The number of alkyl carbamates (subject to hydrolysis) is 1. The van der Waals surface area contributed by atoms with Crippen LogP contribution in [0.4, 0.5) is 4.79 Å². The third kappa shape index (κ3) is 4.39. The maximum atomic E-state index is 11.5. The lowest BCUT2D eigenvalue weighted by Crippen LogP contribution is -2.38. The number of hydrogen-bond acceptors (Lipinski definition) is 3. The number of nitrogens with two attached hydrogens (primary N) is 1. The average Bonchev–Trinajstić information content (AvgIpc) is 2.30. The van der Waals surface area contributed by atoms with E-state index in [0.717, 1.165) is 32.1 Å². The molecule has 0 aromatic heterocycles. The first-order valence-electron chi connectivity index (χ1n) is 6.42. The van der Waals surface area contributed by atoms with Gasteiger partial charge in [0.05, 0.1) is 0 Å². The Kier molecular flexibility index (Phi) is 6.23. The smallest absolute Gasteiger partial charge is 0.407 e. The van der Waals surface area contributed by atoms with Gasteiger partial charge in [0.1, 0.15) is 6.10 Å². The van der Waals surface area contributed by atoms with Gasteiger partial charge in [0.25, 0.3) is 0 Å². The molecule has 1 aliphatic rings. The fourth-order valence-corrected chi connectivity index (χ4v) is 2.14. The van der Waals surface area contributed by atoms with Crippen LogP contribution in [-0.2, 0) is 4.74 Å². The molecule has 2 atom stereocenters. The third-order valence-corrected chi connectivity index (χ3v) is 3.20. The van der Waals surface area contributed by atoms with Crippen molar-refractivity contribution in [3.05, 3.63) is 0 Å². The molecule has 0 saturated heterocycles. The molecule has 1 saturated carbocycles. The van der Waals surface area contributed by atoms with E-state index in [1.807, 2.05) is 0 Å². The van der Waals surface area contributed by atoms with Gasteiger partial charge in [0, 0.05) is 12.5 Å².